The summed E-state index contributed by atoms with van der Waals surface area (Å²) in [5, 5.41) is 0. The molecule has 0 bridgehead atoms. The molecule has 0 aliphatic carbocycles. The lowest BCUT2D eigenvalue weighted by Gasteiger charge is -2.09. The standard InChI is InChI=1S/C17H18OS/c1-13-8-14(2)17(9-16(13)10-18)12-19-11-15-6-4-3-5-7-15/h3-10H,11-12H2,1-2H3. The van der Waals surface area contributed by atoms with E-state index in [-0.39, 0.29) is 0 Å². The zero-order chi connectivity index (χ0) is 13.7. The fourth-order valence-electron chi connectivity index (χ4n) is 2.05. The van der Waals surface area contributed by atoms with Crippen LogP contribution in [0.25, 0.3) is 0 Å². The van der Waals surface area contributed by atoms with Crippen molar-refractivity contribution in [2.75, 3.05) is 0 Å². The van der Waals surface area contributed by atoms with Crippen molar-refractivity contribution in [3.05, 3.63) is 70.3 Å². The Labute approximate surface area is 119 Å². The number of carbonyl (C=O) groups is 1. The Morgan fingerprint density at radius 3 is 2.42 bits per heavy atom. The van der Waals surface area contributed by atoms with Crippen molar-refractivity contribution in [1.29, 1.82) is 0 Å². The normalized spacial score (nSPS) is 10.4. The van der Waals surface area contributed by atoms with E-state index in [0.29, 0.717) is 0 Å². The highest BCUT2D eigenvalue weighted by Crippen LogP contribution is 2.22. The summed E-state index contributed by atoms with van der Waals surface area (Å²) in [4.78, 5) is 11.0. The number of rotatable bonds is 5. The van der Waals surface area contributed by atoms with Crippen molar-refractivity contribution in [2.24, 2.45) is 0 Å². The van der Waals surface area contributed by atoms with Gasteiger partial charge >= 0.3 is 0 Å². The smallest absolute Gasteiger partial charge is 0.150 e. The number of hydrogen-bond acceptors (Lipinski definition) is 2. The molecule has 2 aromatic carbocycles. The lowest BCUT2D eigenvalue weighted by Crippen LogP contribution is -1.94. The number of carbonyl (C=O) groups excluding carboxylic acids is 1. The molecule has 19 heavy (non-hydrogen) atoms. The van der Waals surface area contributed by atoms with E-state index in [4.69, 9.17) is 0 Å². The van der Waals surface area contributed by atoms with Gasteiger partial charge in [0.05, 0.1) is 0 Å². The van der Waals surface area contributed by atoms with Gasteiger partial charge in [0, 0.05) is 17.1 Å². The van der Waals surface area contributed by atoms with E-state index in [9.17, 15) is 4.79 Å². The van der Waals surface area contributed by atoms with E-state index in [0.717, 1.165) is 28.9 Å². The molecule has 0 aromatic heterocycles. The second-order valence-electron chi connectivity index (χ2n) is 4.73. The SMILES string of the molecule is Cc1cc(C)c(CSCc2ccccc2)cc1C=O. The topological polar surface area (TPSA) is 17.1 Å². The monoisotopic (exact) mass is 270 g/mol. The van der Waals surface area contributed by atoms with Crippen LogP contribution < -0.4 is 0 Å². The maximum absolute atomic E-state index is 11.0. The molecular formula is C17H18OS. The molecule has 98 valence electrons. The molecule has 0 spiro atoms. The quantitative estimate of drug-likeness (QED) is 0.741. The van der Waals surface area contributed by atoms with Crippen LogP contribution in [-0.4, -0.2) is 6.29 Å². The van der Waals surface area contributed by atoms with Gasteiger partial charge in [-0.05, 0) is 42.2 Å². The van der Waals surface area contributed by atoms with Crippen LogP contribution >= 0.6 is 11.8 Å². The summed E-state index contributed by atoms with van der Waals surface area (Å²) < 4.78 is 0. The van der Waals surface area contributed by atoms with Crippen molar-refractivity contribution in [3.63, 3.8) is 0 Å². The Balaban J connectivity index is 2.01. The van der Waals surface area contributed by atoms with Crippen LogP contribution in [-0.2, 0) is 11.5 Å². The molecule has 0 heterocycles. The number of aryl methyl sites for hydroxylation is 2. The number of aldehydes is 1. The van der Waals surface area contributed by atoms with Crippen molar-refractivity contribution >= 4 is 18.0 Å². The number of thioether (sulfide) groups is 1. The van der Waals surface area contributed by atoms with Crippen LogP contribution in [0.2, 0.25) is 0 Å². The van der Waals surface area contributed by atoms with Gasteiger partial charge in [0.15, 0.2) is 0 Å². The van der Waals surface area contributed by atoms with E-state index < -0.39 is 0 Å². The second-order valence-corrected chi connectivity index (χ2v) is 5.72. The fourth-order valence-corrected chi connectivity index (χ4v) is 3.11. The Hall–Kier alpha value is -1.54. The average molecular weight is 270 g/mol. The van der Waals surface area contributed by atoms with E-state index in [2.05, 4.69) is 37.3 Å². The van der Waals surface area contributed by atoms with Crippen LogP contribution in [0.3, 0.4) is 0 Å². The van der Waals surface area contributed by atoms with Crippen LogP contribution in [0.1, 0.15) is 32.6 Å². The van der Waals surface area contributed by atoms with Gasteiger partial charge in [-0.25, -0.2) is 0 Å². The highest BCUT2D eigenvalue weighted by Gasteiger charge is 2.04. The second kappa shape index (κ2) is 6.58. The molecule has 0 atom stereocenters. The summed E-state index contributed by atoms with van der Waals surface area (Å²) in [6.45, 7) is 4.09. The van der Waals surface area contributed by atoms with E-state index in [1.807, 2.05) is 30.8 Å². The highest BCUT2D eigenvalue weighted by molar-refractivity contribution is 7.97. The van der Waals surface area contributed by atoms with Gasteiger partial charge in [0.25, 0.3) is 0 Å². The lowest BCUT2D eigenvalue weighted by molar-refractivity contribution is 0.112. The molecule has 2 heteroatoms. The summed E-state index contributed by atoms with van der Waals surface area (Å²) in [7, 11) is 0. The zero-order valence-electron chi connectivity index (χ0n) is 11.3. The first kappa shape index (κ1) is 13.9. The molecule has 2 aromatic rings. The third-order valence-electron chi connectivity index (χ3n) is 3.22. The minimum Gasteiger partial charge on any atom is -0.298 e. The molecule has 0 fully saturated rings. The van der Waals surface area contributed by atoms with Crippen molar-refractivity contribution in [2.45, 2.75) is 25.4 Å². The maximum Gasteiger partial charge on any atom is 0.150 e. The Morgan fingerprint density at radius 2 is 1.74 bits per heavy atom. The van der Waals surface area contributed by atoms with Gasteiger partial charge in [-0.3, -0.25) is 4.79 Å². The molecular weight excluding hydrogens is 252 g/mol. The van der Waals surface area contributed by atoms with Gasteiger partial charge in [-0.15, -0.1) is 0 Å². The molecule has 2 rings (SSSR count). The lowest BCUT2D eigenvalue weighted by atomic mass is 10.0. The van der Waals surface area contributed by atoms with Crippen molar-refractivity contribution in [1.82, 2.24) is 0 Å². The Morgan fingerprint density at radius 1 is 1.00 bits per heavy atom. The third-order valence-corrected chi connectivity index (χ3v) is 4.27. The highest BCUT2D eigenvalue weighted by atomic mass is 32.2. The minimum absolute atomic E-state index is 0.806. The first-order valence-corrected chi connectivity index (χ1v) is 7.53. The summed E-state index contributed by atoms with van der Waals surface area (Å²) in [6.07, 6.45) is 0.945. The predicted molar refractivity (Wildman–Crippen MR) is 82.7 cm³/mol. The van der Waals surface area contributed by atoms with Gasteiger partial charge in [0.2, 0.25) is 0 Å². The molecule has 0 aliphatic heterocycles. The van der Waals surface area contributed by atoms with Crippen molar-refractivity contribution in [3.8, 4) is 0 Å². The molecule has 0 N–H and O–H groups in total. The average Bonchev–Trinajstić information content (AvgIpc) is 2.42. The molecule has 0 unspecified atom stereocenters. The summed E-state index contributed by atoms with van der Waals surface area (Å²) >= 11 is 1.88. The number of benzene rings is 2. The van der Waals surface area contributed by atoms with Gasteiger partial charge in [-0.2, -0.15) is 11.8 Å². The van der Waals surface area contributed by atoms with Gasteiger partial charge in [-0.1, -0.05) is 36.4 Å². The summed E-state index contributed by atoms with van der Waals surface area (Å²) in [5.41, 5.74) is 5.73. The van der Waals surface area contributed by atoms with Gasteiger partial charge in [0.1, 0.15) is 6.29 Å². The van der Waals surface area contributed by atoms with E-state index in [1.165, 1.54) is 16.7 Å². The molecule has 0 radical (unpaired) electrons. The first-order chi connectivity index (χ1) is 9.20. The molecule has 0 amide bonds. The van der Waals surface area contributed by atoms with Crippen LogP contribution in [0, 0.1) is 13.8 Å². The number of hydrogen-bond donors (Lipinski definition) is 0. The third kappa shape index (κ3) is 3.71. The predicted octanol–water partition coefficient (Wildman–Crippen LogP) is 4.55. The maximum atomic E-state index is 11.0. The molecule has 1 nitrogen and oxygen atoms in total. The first-order valence-electron chi connectivity index (χ1n) is 6.37. The van der Waals surface area contributed by atoms with Crippen molar-refractivity contribution < 1.29 is 4.79 Å². The molecule has 0 saturated carbocycles. The molecule has 0 aliphatic rings. The summed E-state index contributed by atoms with van der Waals surface area (Å²) in [6, 6.07) is 14.6. The zero-order valence-corrected chi connectivity index (χ0v) is 12.2. The Bertz CT molecular complexity index is 561. The van der Waals surface area contributed by atoms with E-state index in [1.54, 1.807) is 0 Å². The van der Waals surface area contributed by atoms with Crippen LogP contribution in [0.15, 0.2) is 42.5 Å². The molecule has 0 saturated heterocycles. The Kier molecular flexibility index (Phi) is 4.80. The van der Waals surface area contributed by atoms with Crippen LogP contribution in [0.5, 0.6) is 0 Å². The summed E-state index contributed by atoms with van der Waals surface area (Å²) in [5.74, 6) is 1.95. The fraction of sp³-hybridized carbons (Fsp3) is 0.235. The largest absolute Gasteiger partial charge is 0.298 e. The van der Waals surface area contributed by atoms with E-state index >= 15 is 0 Å². The van der Waals surface area contributed by atoms with Gasteiger partial charge < -0.3 is 0 Å². The van der Waals surface area contributed by atoms with Crippen LogP contribution in [0.4, 0.5) is 0 Å². The minimum atomic E-state index is 0.806.